The number of aryl methyl sites for hydroxylation is 1. The van der Waals surface area contributed by atoms with Gasteiger partial charge in [-0.2, -0.15) is 0 Å². The van der Waals surface area contributed by atoms with Gasteiger partial charge in [-0.1, -0.05) is 11.3 Å². The van der Waals surface area contributed by atoms with Gasteiger partial charge in [0.15, 0.2) is 15.0 Å². The Labute approximate surface area is 109 Å². The van der Waals surface area contributed by atoms with Crippen LogP contribution in [0.3, 0.4) is 0 Å². The van der Waals surface area contributed by atoms with E-state index in [1.807, 2.05) is 0 Å². The van der Waals surface area contributed by atoms with E-state index in [9.17, 15) is 13.2 Å². The van der Waals surface area contributed by atoms with Crippen LogP contribution in [0.15, 0.2) is 0 Å². The number of hydrogen-bond donors (Lipinski definition) is 2. The third kappa shape index (κ3) is 2.64. The number of carbonyl (C=O) groups is 1. The smallest absolute Gasteiger partial charge is 0.347 e. The summed E-state index contributed by atoms with van der Waals surface area (Å²) >= 11 is 1.03. The van der Waals surface area contributed by atoms with Crippen molar-refractivity contribution in [1.29, 1.82) is 0 Å². The number of aromatic nitrogens is 1. The number of hydrogen-bond acceptors (Lipinski definition) is 6. The van der Waals surface area contributed by atoms with E-state index >= 15 is 0 Å². The summed E-state index contributed by atoms with van der Waals surface area (Å²) in [5, 5.41) is 11.9. The molecule has 0 saturated carbocycles. The molecule has 8 heteroatoms. The lowest BCUT2D eigenvalue weighted by Crippen LogP contribution is -2.24. The Bertz CT molecular complexity index is 564. The van der Waals surface area contributed by atoms with Gasteiger partial charge < -0.3 is 10.4 Å². The van der Waals surface area contributed by atoms with E-state index in [-0.39, 0.29) is 15.9 Å². The lowest BCUT2D eigenvalue weighted by Gasteiger charge is -2.09. The zero-order valence-electron chi connectivity index (χ0n) is 9.84. The van der Waals surface area contributed by atoms with Crippen LogP contribution in [-0.4, -0.2) is 42.0 Å². The molecule has 1 atom stereocenters. The van der Waals surface area contributed by atoms with Crippen molar-refractivity contribution in [1.82, 2.24) is 4.98 Å². The van der Waals surface area contributed by atoms with Crippen molar-refractivity contribution in [2.75, 3.05) is 17.6 Å². The molecule has 0 spiro atoms. The molecular formula is C10H14N2O4S2. The molecule has 1 aliphatic rings. The maximum absolute atomic E-state index is 11.6. The van der Waals surface area contributed by atoms with Gasteiger partial charge in [-0.15, -0.1) is 0 Å². The number of thiazole rings is 1. The average molecular weight is 290 g/mol. The van der Waals surface area contributed by atoms with Crippen LogP contribution in [0.25, 0.3) is 0 Å². The number of anilines is 1. The Morgan fingerprint density at radius 1 is 1.61 bits per heavy atom. The van der Waals surface area contributed by atoms with Crippen molar-refractivity contribution in [3.63, 3.8) is 0 Å². The highest BCUT2D eigenvalue weighted by molar-refractivity contribution is 7.92. The third-order valence-electron chi connectivity index (χ3n) is 2.93. The molecule has 1 aromatic heterocycles. The van der Waals surface area contributed by atoms with Gasteiger partial charge in [0, 0.05) is 6.54 Å². The predicted molar refractivity (Wildman–Crippen MR) is 69.1 cm³/mol. The van der Waals surface area contributed by atoms with E-state index in [1.165, 1.54) is 0 Å². The van der Waals surface area contributed by atoms with Crippen molar-refractivity contribution in [3.05, 3.63) is 10.6 Å². The minimum atomic E-state index is -2.98. The van der Waals surface area contributed by atoms with Crippen LogP contribution in [0.1, 0.15) is 28.2 Å². The van der Waals surface area contributed by atoms with Gasteiger partial charge >= 0.3 is 5.97 Å². The number of rotatable bonds is 4. The molecule has 0 radical (unpaired) electrons. The number of carboxylic acids is 1. The maximum atomic E-state index is 11.6. The van der Waals surface area contributed by atoms with Gasteiger partial charge in [0.2, 0.25) is 0 Å². The normalized spacial score (nSPS) is 21.9. The van der Waals surface area contributed by atoms with E-state index < -0.39 is 15.8 Å². The first kappa shape index (κ1) is 13.3. The van der Waals surface area contributed by atoms with Crippen molar-refractivity contribution in [2.45, 2.75) is 25.0 Å². The number of aromatic carboxylic acids is 1. The molecule has 0 amide bonds. The van der Waals surface area contributed by atoms with Gasteiger partial charge in [0.25, 0.3) is 0 Å². The first-order valence-corrected chi connectivity index (χ1v) is 8.09. The van der Waals surface area contributed by atoms with Crippen LogP contribution in [-0.2, 0) is 9.84 Å². The molecule has 0 bridgehead atoms. The third-order valence-corrected chi connectivity index (χ3v) is 6.31. The lowest BCUT2D eigenvalue weighted by atomic mass is 10.2. The maximum Gasteiger partial charge on any atom is 0.347 e. The second-order valence-corrected chi connectivity index (χ2v) is 7.65. The second-order valence-electron chi connectivity index (χ2n) is 4.25. The summed E-state index contributed by atoms with van der Waals surface area (Å²) in [6.07, 6.45) is 1.36. The summed E-state index contributed by atoms with van der Waals surface area (Å²) in [4.78, 5) is 15.1. The van der Waals surface area contributed by atoms with Crippen molar-refractivity contribution < 1.29 is 18.3 Å². The van der Waals surface area contributed by atoms with Crippen molar-refractivity contribution >= 4 is 32.3 Å². The highest BCUT2D eigenvalue weighted by Gasteiger charge is 2.31. The molecule has 18 heavy (non-hydrogen) atoms. The van der Waals surface area contributed by atoms with Crippen molar-refractivity contribution in [2.24, 2.45) is 0 Å². The first-order chi connectivity index (χ1) is 8.40. The van der Waals surface area contributed by atoms with Crippen LogP contribution < -0.4 is 5.32 Å². The largest absolute Gasteiger partial charge is 0.477 e. The molecule has 0 aliphatic carbocycles. The summed E-state index contributed by atoms with van der Waals surface area (Å²) in [6, 6.07) is 0. The topological polar surface area (TPSA) is 96.4 Å². The standard InChI is InChI=1S/C10H14N2O4S2/c1-6-8(9(13)14)17-10(12-6)11-5-7-3-2-4-18(7,15)16/h7H,2-5H2,1H3,(H,11,12)(H,13,14). The Hall–Kier alpha value is -1.15. The predicted octanol–water partition coefficient (Wildman–Crippen LogP) is 1.14. The molecule has 1 unspecified atom stereocenters. The van der Waals surface area contributed by atoms with E-state index in [0.29, 0.717) is 30.2 Å². The van der Waals surface area contributed by atoms with E-state index in [1.54, 1.807) is 6.92 Å². The Kier molecular flexibility index (Phi) is 3.58. The molecular weight excluding hydrogens is 276 g/mol. The highest BCUT2D eigenvalue weighted by Crippen LogP contribution is 2.24. The van der Waals surface area contributed by atoms with Crippen LogP contribution in [0, 0.1) is 6.92 Å². The highest BCUT2D eigenvalue weighted by atomic mass is 32.2. The van der Waals surface area contributed by atoms with Crippen LogP contribution in [0.4, 0.5) is 5.13 Å². The van der Waals surface area contributed by atoms with Crippen LogP contribution >= 0.6 is 11.3 Å². The molecule has 2 N–H and O–H groups in total. The van der Waals surface area contributed by atoms with Gasteiger partial charge in [0.1, 0.15) is 4.88 Å². The zero-order valence-corrected chi connectivity index (χ0v) is 11.5. The molecule has 1 aromatic rings. The summed E-state index contributed by atoms with van der Waals surface area (Å²) in [7, 11) is -2.98. The van der Waals surface area contributed by atoms with Gasteiger partial charge in [-0.25, -0.2) is 18.2 Å². The quantitative estimate of drug-likeness (QED) is 0.863. The Balaban J connectivity index is 2.03. The van der Waals surface area contributed by atoms with Gasteiger partial charge in [-0.3, -0.25) is 0 Å². The van der Waals surface area contributed by atoms with Crippen LogP contribution in [0.5, 0.6) is 0 Å². The van der Waals surface area contributed by atoms with E-state index in [2.05, 4.69) is 10.3 Å². The summed E-state index contributed by atoms with van der Waals surface area (Å²) < 4.78 is 23.2. The average Bonchev–Trinajstić information content (AvgIpc) is 2.78. The molecule has 1 saturated heterocycles. The minimum Gasteiger partial charge on any atom is -0.477 e. The second kappa shape index (κ2) is 4.85. The van der Waals surface area contributed by atoms with Crippen molar-refractivity contribution in [3.8, 4) is 0 Å². The summed E-state index contributed by atoms with van der Waals surface area (Å²) in [6.45, 7) is 1.92. The molecule has 2 heterocycles. The van der Waals surface area contributed by atoms with Gasteiger partial charge in [-0.05, 0) is 19.8 Å². The lowest BCUT2D eigenvalue weighted by molar-refractivity contribution is 0.0701. The molecule has 2 rings (SSSR count). The van der Waals surface area contributed by atoms with E-state index in [4.69, 9.17) is 5.11 Å². The number of nitrogens with zero attached hydrogens (tertiary/aromatic N) is 1. The SMILES string of the molecule is Cc1nc(NCC2CCCS2(=O)=O)sc1C(=O)O. The summed E-state index contributed by atoms with van der Waals surface area (Å²) in [5.74, 6) is -0.761. The zero-order chi connectivity index (χ0) is 13.3. The molecule has 1 fully saturated rings. The molecule has 100 valence electrons. The fourth-order valence-electron chi connectivity index (χ4n) is 1.96. The molecule has 1 aliphatic heterocycles. The fourth-order valence-corrected chi connectivity index (χ4v) is 4.54. The Morgan fingerprint density at radius 3 is 2.83 bits per heavy atom. The number of nitrogens with one attached hydrogen (secondary N) is 1. The minimum absolute atomic E-state index is 0.187. The molecule has 0 aromatic carbocycles. The molecule has 6 nitrogen and oxygen atoms in total. The van der Waals surface area contributed by atoms with Crippen LogP contribution in [0.2, 0.25) is 0 Å². The number of sulfone groups is 1. The van der Waals surface area contributed by atoms with E-state index in [0.717, 1.165) is 11.3 Å². The monoisotopic (exact) mass is 290 g/mol. The Morgan fingerprint density at radius 2 is 2.33 bits per heavy atom. The first-order valence-electron chi connectivity index (χ1n) is 5.56. The summed E-state index contributed by atoms with van der Waals surface area (Å²) in [5.41, 5.74) is 0.448. The fraction of sp³-hybridized carbons (Fsp3) is 0.600. The number of carboxylic acid groups (broad SMARTS) is 1. The van der Waals surface area contributed by atoms with Gasteiger partial charge in [0.05, 0.1) is 16.7 Å².